The second kappa shape index (κ2) is 7.05. The van der Waals surface area contributed by atoms with Gasteiger partial charge in [-0.1, -0.05) is 0 Å². The fourth-order valence-corrected chi connectivity index (χ4v) is 4.13. The predicted octanol–water partition coefficient (Wildman–Crippen LogP) is 0.647. The number of sulfonamides is 1. The van der Waals surface area contributed by atoms with E-state index in [1.54, 1.807) is 0 Å². The summed E-state index contributed by atoms with van der Waals surface area (Å²) in [5.41, 5.74) is 0. The lowest BCUT2D eigenvalue weighted by Gasteiger charge is -2.28. The van der Waals surface area contributed by atoms with Gasteiger partial charge in [0.25, 0.3) is 0 Å². The topological polar surface area (TPSA) is 67.4 Å². The van der Waals surface area contributed by atoms with E-state index in [0.29, 0.717) is 12.6 Å². The summed E-state index contributed by atoms with van der Waals surface area (Å²) in [5, 5.41) is 3.31. The maximum atomic E-state index is 11.9. The van der Waals surface area contributed by atoms with Crippen LogP contribution in [0, 0.1) is 0 Å². The van der Waals surface area contributed by atoms with Crippen molar-refractivity contribution in [3.05, 3.63) is 0 Å². The smallest absolute Gasteiger partial charge is 0.214 e. The number of hydrogen-bond acceptors (Lipinski definition) is 4. The second-order valence-corrected chi connectivity index (χ2v) is 6.91. The third kappa shape index (κ3) is 5.01. The van der Waals surface area contributed by atoms with E-state index in [2.05, 4.69) is 17.0 Å². The molecule has 2 N–H and O–H groups in total. The second-order valence-electron chi connectivity index (χ2n) is 5.11. The Morgan fingerprint density at radius 2 is 2.17 bits per heavy atom. The Morgan fingerprint density at radius 3 is 2.78 bits per heavy atom. The molecule has 2 fully saturated rings. The molecule has 2 aliphatic rings. The van der Waals surface area contributed by atoms with Crippen molar-refractivity contribution in [2.75, 3.05) is 18.9 Å². The third-order valence-electron chi connectivity index (χ3n) is 3.40. The molecule has 0 aromatic heterocycles. The van der Waals surface area contributed by atoms with Crippen molar-refractivity contribution in [3.8, 4) is 0 Å². The maximum absolute atomic E-state index is 11.9. The highest BCUT2D eigenvalue weighted by Crippen LogP contribution is 2.15. The minimum Gasteiger partial charge on any atom is -0.377 e. The van der Waals surface area contributed by atoms with Gasteiger partial charge >= 0.3 is 0 Å². The maximum Gasteiger partial charge on any atom is 0.214 e. The summed E-state index contributed by atoms with van der Waals surface area (Å²) in [7, 11) is -3.19. The highest BCUT2D eigenvalue weighted by atomic mass is 35.5. The van der Waals surface area contributed by atoms with Gasteiger partial charge in [0.05, 0.1) is 11.9 Å². The molecule has 2 saturated heterocycles. The van der Waals surface area contributed by atoms with Gasteiger partial charge in [-0.2, -0.15) is 0 Å². The zero-order valence-corrected chi connectivity index (χ0v) is 12.4. The van der Waals surface area contributed by atoms with Gasteiger partial charge in [-0.3, -0.25) is 0 Å². The highest BCUT2D eigenvalue weighted by Gasteiger charge is 2.27. The molecular weight excluding hydrogens is 276 g/mol. The molecular formula is C11H23ClN2O3S. The standard InChI is InChI=1S/C11H22N2O3S.ClH/c1-9-7-10(4-5-12-9)13-17(14,15)8-11-3-2-6-16-11;/h9-13H,2-8H2,1H3;1H. The third-order valence-corrected chi connectivity index (χ3v) is 4.90. The molecule has 18 heavy (non-hydrogen) atoms. The molecule has 0 bridgehead atoms. The minimum atomic E-state index is -3.19. The molecule has 0 aliphatic carbocycles. The van der Waals surface area contributed by atoms with E-state index >= 15 is 0 Å². The Bertz CT molecular complexity index is 344. The SMILES string of the molecule is CC1CC(NS(=O)(=O)CC2CCCO2)CCN1.Cl. The number of nitrogens with one attached hydrogen (secondary N) is 2. The van der Waals surface area contributed by atoms with E-state index in [-0.39, 0.29) is 30.3 Å². The van der Waals surface area contributed by atoms with Crippen LogP contribution in [0.4, 0.5) is 0 Å². The van der Waals surface area contributed by atoms with Crippen molar-refractivity contribution in [2.24, 2.45) is 0 Å². The van der Waals surface area contributed by atoms with Crippen LogP contribution < -0.4 is 10.0 Å². The summed E-state index contributed by atoms with van der Waals surface area (Å²) < 4.78 is 32.1. The molecule has 108 valence electrons. The van der Waals surface area contributed by atoms with Crippen LogP contribution >= 0.6 is 12.4 Å². The zero-order valence-electron chi connectivity index (χ0n) is 10.7. The summed E-state index contributed by atoms with van der Waals surface area (Å²) in [4.78, 5) is 0. The van der Waals surface area contributed by atoms with E-state index in [1.807, 2.05) is 0 Å². The molecule has 0 saturated carbocycles. The summed E-state index contributed by atoms with van der Waals surface area (Å²) in [6.45, 7) is 3.67. The quantitative estimate of drug-likeness (QED) is 0.800. The van der Waals surface area contributed by atoms with Gasteiger partial charge in [0.1, 0.15) is 0 Å². The number of halogens is 1. The lowest BCUT2D eigenvalue weighted by Crippen LogP contribution is -2.47. The number of rotatable bonds is 4. The van der Waals surface area contributed by atoms with Gasteiger partial charge < -0.3 is 10.1 Å². The Morgan fingerprint density at radius 1 is 1.39 bits per heavy atom. The Labute approximate surface area is 116 Å². The molecule has 0 radical (unpaired) electrons. The molecule has 7 heteroatoms. The van der Waals surface area contributed by atoms with E-state index in [4.69, 9.17) is 4.74 Å². The number of piperidine rings is 1. The van der Waals surface area contributed by atoms with Crippen molar-refractivity contribution in [1.29, 1.82) is 0 Å². The van der Waals surface area contributed by atoms with Crippen molar-refractivity contribution < 1.29 is 13.2 Å². The Kier molecular flexibility index (Phi) is 6.34. The lowest BCUT2D eigenvalue weighted by molar-refractivity contribution is 0.127. The highest BCUT2D eigenvalue weighted by molar-refractivity contribution is 7.89. The zero-order chi connectivity index (χ0) is 12.3. The average Bonchev–Trinajstić information content (AvgIpc) is 2.68. The largest absolute Gasteiger partial charge is 0.377 e. The molecule has 2 heterocycles. The summed E-state index contributed by atoms with van der Waals surface area (Å²) in [6.07, 6.45) is 3.47. The molecule has 2 aliphatic heterocycles. The van der Waals surface area contributed by atoms with E-state index in [1.165, 1.54) is 0 Å². The van der Waals surface area contributed by atoms with Crippen LogP contribution in [0.15, 0.2) is 0 Å². The van der Waals surface area contributed by atoms with Crippen LogP contribution in [-0.2, 0) is 14.8 Å². The van der Waals surface area contributed by atoms with Crippen molar-refractivity contribution in [1.82, 2.24) is 10.0 Å². The molecule has 5 nitrogen and oxygen atoms in total. The predicted molar refractivity (Wildman–Crippen MR) is 73.6 cm³/mol. The van der Waals surface area contributed by atoms with Crippen LogP contribution in [0.5, 0.6) is 0 Å². The minimum absolute atomic E-state index is 0. The summed E-state index contributed by atoms with van der Waals surface area (Å²) in [5.74, 6) is 0.116. The van der Waals surface area contributed by atoms with Gasteiger partial charge in [0.2, 0.25) is 10.0 Å². The van der Waals surface area contributed by atoms with Crippen LogP contribution in [0.2, 0.25) is 0 Å². The van der Waals surface area contributed by atoms with Gasteiger partial charge in [0, 0.05) is 18.7 Å². The molecule has 3 atom stereocenters. The molecule has 0 amide bonds. The first kappa shape index (κ1) is 16.2. The molecule has 3 unspecified atom stereocenters. The van der Waals surface area contributed by atoms with Crippen LogP contribution in [0.25, 0.3) is 0 Å². The monoisotopic (exact) mass is 298 g/mol. The molecule has 0 spiro atoms. The van der Waals surface area contributed by atoms with Gasteiger partial charge in [-0.25, -0.2) is 13.1 Å². The van der Waals surface area contributed by atoms with Gasteiger partial charge in [-0.15, -0.1) is 12.4 Å². The molecule has 0 aromatic carbocycles. The van der Waals surface area contributed by atoms with Crippen molar-refractivity contribution in [3.63, 3.8) is 0 Å². The normalized spacial score (nSPS) is 33.1. The van der Waals surface area contributed by atoms with E-state index in [9.17, 15) is 8.42 Å². The van der Waals surface area contributed by atoms with E-state index < -0.39 is 10.0 Å². The van der Waals surface area contributed by atoms with Crippen molar-refractivity contribution >= 4 is 22.4 Å². The molecule has 2 rings (SSSR count). The first-order valence-corrected chi connectivity index (χ1v) is 8.05. The van der Waals surface area contributed by atoms with Gasteiger partial charge in [-0.05, 0) is 39.2 Å². The van der Waals surface area contributed by atoms with Crippen molar-refractivity contribution in [2.45, 2.75) is 50.8 Å². The Hall–Kier alpha value is 0.120. The first-order valence-electron chi connectivity index (χ1n) is 6.40. The summed E-state index contributed by atoms with van der Waals surface area (Å²) in [6, 6.07) is 0.469. The van der Waals surface area contributed by atoms with Crippen LogP contribution in [-0.4, -0.2) is 45.5 Å². The fourth-order valence-electron chi connectivity index (χ4n) is 2.56. The number of ether oxygens (including phenoxy) is 1. The average molecular weight is 299 g/mol. The number of hydrogen-bond donors (Lipinski definition) is 2. The van der Waals surface area contributed by atoms with Crippen LogP contribution in [0.1, 0.15) is 32.6 Å². The molecule has 0 aromatic rings. The summed E-state index contributed by atoms with van der Waals surface area (Å²) >= 11 is 0. The fraction of sp³-hybridized carbons (Fsp3) is 1.00. The van der Waals surface area contributed by atoms with E-state index in [0.717, 1.165) is 32.2 Å². The first-order chi connectivity index (χ1) is 8.05. The van der Waals surface area contributed by atoms with Gasteiger partial charge in [0.15, 0.2) is 0 Å². The lowest BCUT2D eigenvalue weighted by atomic mass is 10.0. The Balaban J connectivity index is 0.00000162. The van der Waals surface area contributed by atoms with Crippen LogP contribution in [0.3, 0.4) is 0 Å².